The molecule has 0 aromatic carbocycles. The fourth-order valence-electron chi connectivity index (χ4n) is 4.08. The highest BCUT2D eigenvalue weighted by Gasteiger charge is 2.37. The molecule has 0 aromatic rings. The number of hydrogen-bond acceptors (Lipinski definition) is 3. The van der Waals surface area contributed by atoms with E-state index in [9.17, 15) is 9.59 Å². The summed E-state index contributed by atoms with van der Waals surface area (Å²) in [5.74, 6) is 0.997. The number of carbonyl (C=O) groups excluding carboxylic acids is 2. The topological polar surface area (TPSA) is 46.2 Å². The van der Waals surface area contributed by atoms with Crippen molar-refractivity contribution in [2.45, 2.75) is 97.6 Å². The zero-order valence-corrected chi connectivity index (χ0v) is 15.4. The monoisotopic (exact) mass is 309 g/mol. The van der Waals surface area contributed by atoms with E-state index in [-0.39, 0.29) is 28.6 Å². The normalized spacial score (nSPS) is 22.3. The van der Waals surface area contributed by atoms with Gasteiger partial charge < -0.3 is 5.32 Å². The van der Waals surface area contributed by atoms with Gasteiger partial charge in [0.15, 0.2) is 0 Å². The van der Waals surface area contributed by atoms with Gasteiger partial charge in [-0.3, -0.25) is 9.59 Å². The number of rotatable bonds is 8. The van der Waals surface area contributed by atoms with Crippen LogP contribution in [0, 0.1) is 11.8 Å². The van der Waals surface area contributed by atoms with Crippen LogP contribution in [0.4, 0.5) is 0 Å². The molecule has 1 atom stereocenters. The van der Waals surface area contributed by atoms with Crippen molar-refractivity contribution in [1.82, 2.24) is 5.32 Å². The number of unbranched alkanes of at least 4 members (excludes halogenated alkanes) is 1. The second-order valence-corrected chi connectivity index (χ2v) is 8.67. The Hall–Kier alpha value is -0.700. The number of nitrogens with one attached hydrogen (secondary N) is 1. The minimum absolute atomic E-state index is 0.112. The average molecular weight is 309 g/mol. The van der Waals surface area contributed by atoms with Gasteiger partial charge in [0.25, 0.3) is 0 Å². The second-order valence-electron chi connectivity index (χ2n) is 8.67. The van der Waals surface area contributed by atoms with Crippen molar-refractivity contribution < 1.29 is 9.59 Å². The largest absolute Gasteiger partial charge is 0.307 e. The molecule has 0 aromatic heterocycles. The van der Waals surface area contributed by atoms with Crippen molar-refractivity contribution in [2.24, 2.45) is 11.8 Å². The molecule has 1 aliphatic heterocycles. The molecule has 1 N–H and O–H groups in total. The van der Waals surface area contributed by atoms with Gasteiger partial charge in [-0.2, -0.15) is 0 Å². The Morgan fingerprint density at radius 3 is 2.14 bits per heavy atom. The molecule has 0 amide bonds. The highest BCUT2D eigenvalue weighted by molar-refractivity contribution is 5.86. The van der Waals surface area contributed by atoms with E-state index in [4.69, 9.17) is 0 Å². The average Bonchev–Trinajstić information content (AvgIpc) is 2.30. The highest BCUT2D eigenvalue weighted by Crippen LogP contribution is 2.35. The van der Waals surface area contributed by atoms with E-state index in [1.54, 1.807) is 6.92 Å². The maximum atomic E-state index is 11.9. The van der Waals surface area contributed by atoms with Crippen molar-refractivity contribution in [2.75, 3.05) is 0 Å². The van der Waals surface area contributed by atoms with Crippen LogP contribution >= 0.6 is 0 Å². The van der Waals surface area contributed by atoms with Crippen molar-refractivity contribution in [3.63, 3.8) is 0 Å². The van der Waals surface area contributed by atoms with Crippen LogP contribution < -0.4 is 5.32 Å². The number of carbonyl (C=O) groups is 2. The first-order valence-electron chi connectivity index (χ1n) is 8.82. The third kappa shape index (κ3) is 7.04. The van der Waals surface area contributed by atoms with Gasteiger partial charge in [-0.25, -0.2) is 0 Å². The van der Waals surface area contributed by atoms with E-state index >= 15 is 0 Å². The fourth-order valence-corrected chi connectivity index (χ4v) is 4.08. The smallest absolute Gasteiger partial charge is 0.133 e. The molecule has 0 spiro atoms. The molecule has 3 heteroatoms. The highest BCUT2D eigenvalue weighted by atomic mass is 16.1. The molecule has 0 radical (unpaired) electrons. The molecule has 1 unspecified atom stereocenters. The predicted octanol–water partition coefficient (Wildman–Crippen LogP) is 4.29. The Morgan fingerprint density at radius 2 is 1.64 bits per heavy atom. The summed E-state index contributed by atoms with van der Waals surface area (Å²) in [4.78, 5) is 23.0. The maximum absolute atomic E-state index is 11.9. The van der Waals surface area contributed by atoms with Crippen molar-refractivity contribution in [3.8, 4) is 0 Å². The Kier molecular flexibility index (Phi) is 6.79. The lowest BCUT2D eigenvalue weighted by atomic mass is 9.74. The van der Waals surface area contributed by atoms with Gasteiger partial charge in [-0.15, -0.1) is 0 Å². The van der Waals surface area contributed by atoms with Crippen LogP contribution in [-0.2, 0) is 9.59 Å². The van der Waals surface area contributed by atoms with Crippen LogP contribution in [0.1, 0.15) is 86.5 Å². The molecule has 128 valence electrons. The fraction of sp³-hybridized carbons (Fsp3) is 0.895. The van der Waals surface area contributed by atoms with E-state index in [0.717, 1.165) is 18.8 Å². The first kappa shape index (κ1) is 19.3. The first-order chi connectivity index (χ1) is 10.0. The Bertz CT molecular complexity index is 382. The summed E-state index contributed by atoms with van der Waals surface area (Å²) >= 11 is 0. The summed E-state index contributed by atoms with van der Waals surface area (Å²) in [6.45, 7) is 12.6. The Labute approximate surface area is 136 Å². The van der Waals surface area contributed by atoms with Gasteiger partial charge in [0.1, 0.15) is 11.6 Å². The van der Waals surface area contributed by atoms with Gasteiger partial charge in [0.2, 0.25) is 0 Å². The van der Waals surface area contributed by atoms with Crippen LogP contribution in [0.5, 0.6) is 0 Å². The van der Waals surface area contributed by atoms with Crippen molar-refractivity contribution >= 4 is 11.6 Å². The molecule has 0 saturated carbocycles. The Balaban J connectivity index is 2.27. The molecule has 22 heavy (non-hydrogen) atoms. The van der Waals surface area contributed by atoms with E-state index in [2.05, 4.69) is 33.0 Å². The zero-order chi connectivity index (χ0) is 17.0. The molecule has 1 rings (SSSR count). The lowest BCUT2D eigenvalue weighted by molar-refractivity contribution is -0.126. The molecular weight excluding hydrogens is 274 g/mol. The quantitative estimate of drug-likeness (QED) is 0.680. The summed E-state index contributed by atoms with van der Waals surface area (Å²) in [5.41, 5.74) is 0.415. The second kappa shape index (κ2) is 7.72. The minimum atomic E-state index is -0.112. The molecule has 0 bridgehead atoms. The van der Waals surface area contributed by atoms with Gasteiger partial charge in [0.05, 0.1) is 0 Å². The van der Waals surface area contributed by atoms with Crippen LogP contribution in [0.2, 0.25) is 0 Å². The molecule has 1 heterocycles. The third-order valence-corrected chi connectivity index (χ3v) is 4.82. The minimum Gasteiger partial charge on any atom is -0.307 e. The standard InChI is InChI=1S/C19H35NO2/c1-14(15(2)21)11-17(22)10-8-7-9-16-12-18(3,4)20-19(5,6)13-16/h14,16,20H,7-13H2,1-6H3. The summed E-state index contributed by atoms with van der Waals surface area (Å²) < 4.78 is 0. The molecule has 3 nitrogen and oxygen atoms in total. The van der Waals surface area contributed by atoms with E-state index in [1.807, 2.05) is 6.92 Å². The lowest BCUT2D eigenvalue weighted by Crippen LogP contribution is -2.57. The van der Waals surface area contributed by atoms with Crippen LogP contribution in [0.15, 0.2) is 0 Å². The number of Topliss-reactive ketones (excluding diaryl/α,β-unsaturated/α-hetero) is 2. The predicted molar refractivity (Wildman–Crippen MR) is 92.0 cm³/mol. The summed E-state index contributed by atoms with van der Waals surface area (Å²) in [7, 11) is 0. The maximum Gasteiger partial charge on any atom is 0.133 e. The molecule has 1 fully saturated rings. The van der Waals surface area contributed by atoms with E-state index < -0.39 is 0 Å². The lowest BCUT2D eigenvalue weighted by Gasteiger charge is -2.46. The van der Waals surface area contributed by atoms with Crippen LogP contribution in [0.25, 0.3) is 0 Å². The van der Waals surface area contributed by atoms with Crippen molar-refractivity contribution in [1.29, 1.82) is 0 Å². The number of hydrogen-bond donors (Lipinski definition) is 1. The third-order valence-electron chi connectivity index (χ3n) is 4.82. The van der Waals surface area contributed by atoms with Gasteiger partial charge in [0, 0.05) is 29.8 Å². The Morgan fingerprint density at radius 1 is 1.09 bits per heavy atom. The van der Waals surface area contributed by atoms with Crippen LogP contribution in [0.3, 0.4) is 0 Å². The molecule has 1 saturated heterocycles. The molecule has 1 aliphatic rings. The summed E-state index contributed by atoms with van der Waals surface area (Å²) in [6.07, 6.45) is 6.78. The zero-order valence-electron chi connectivity index (χ0n) is 15.4. The SMILES string of the molecule is CC(=O)C(C)CC(=O)CCCCC1CC(C)(C)NC(C)(C)C1. The van der Waals surface area contributed by atoms with Gasteiger partial charge in [-0.1, -0.05) is 19.8 Å². The van der Waals surface area contributed by atoms with E-state index in [1.165, 1.54) is 19.3 Å². The van der Waals surface area contributed by atoms with E-state index in [0.29, 0.717) is 12.8 Å². The van der Waals surface area contributed by atoms with Gasteiger partial charge in [-0.05, 0) is 59.8 Å². The number of piperidine rings is 1. The first-order valence-corrected chi connectivity index (χ1v) is 8.82. The van der Waals surface area contributed by atoms with Crippen LogP contribution in [-0.4, -0.2) is 22.6 Å². The summed E-state index contributed by atoms with van der Waals surface area (Å²) in [6, 6.07) is 0. The molecular formula is C19H35NO2. The number of ketones is 2. The van der Waals surface area contributed by atoms with Crippen molar-refractivity contribution in [3.05, 3.63) is 0 Å². The summed E-state index contributed by atoms with van der Waals surface area (Å²) in [5, 5.41) is 3.72. The molecule has 0 aliphatic carbocycles. The van der Waals surface area contributed by atoms with Gasteiger partial charge >= 0.3 is 0 Å².